The van der Waals surface area contributed by atoms with Gasteiger partial charge in [-0.1, -0.05) is 0 Å². The number of hydrogen-bond donors (Lipinski definition) is 4. The van der Waals surface area contributed by atoms with Gasteiger partial charge in [0.25, 0.3) is 5.91 Å². The third kappa shape index (κ3) is 3.66. The number of anilines is 1. The Morgan fingerprint density at radius 3 is 2.95 bits per heavy atom. The standard InChI is InChI=1S/C11H13N5O3/c17-9(18)6-15-10(19)7-3-8(5-12-4-7)16-11-13-1-2-14-11/h3-5H,1-2,6H2,(H,15,19)(H,17,18)(H2,13,14,16). The summed E-state index contributed by atoms with van der Waals surface area (Å²) in [4.78, 5) is 30.1. The lowest BCUT2D eigenvalue weighted by Crippen LogP contribution is -2.29. The summed E-state index contributed by atoms with van der Waals surface area (Å²) in [5, 5.41) is 16.8. The molecule has 1 aromatic heterocycles. The van der Waals surface area contributed by atoms with Crippen LogP contribution in [0.2, 0.25) is 0 Å². The van der Waals surface area contributed by atoms with Gasteiger partial charge in [0.2, 0.25) is 0 Å². The summed E-state index contributed by atoms with van der Waals surface area (Å²) in [6.45, 7) is 1.05. The predicted molar refractivity (Wildman–Crippen MR) is 68.1 cm³/mol. The molecular weight excluding hydrogens is 250 g/mol. The molecule has 1 aliphatic rings. The van der Waals surface area contributed by atoms with E-state index in [9.17, 15) is 9.59 Å². The van der Waals surface area contributed by atoms with Crippen LogP contribution in [0.5, 0.6) is 0 Å². The number of aliphatic carboxylic acids is 1. The quantitative estimate of drug-likeness (QED) is 0.569. The van der Waals surface area contributed by atoms with Gasteiger partial charge in [-0.15, -0.1) is 0 Å². The van der Waals surface area contributed by atoms with Crippen molar-refractivity contribution in [1.82, 2.24) is 15.6 Å². The molecule has 0 spiro atoms. The number of carbonyl (C=O) groups is 2. The molecule has 0 saturated carbocycles. The minimum atomic E-state index is -1.10. The van der Waals surface area contributed by atoms with Crippen LogP contribution in [0.1, 0.15) is 10.4 Å². The first-order chi connectivity index (χ1) is 9.15. The fourth-order valence-electron chi connectivity index (χ4n) is 1.51. The lowest BCUT2D eigenvalue weighted by atomic mass is 10.2. The lowest BCUT2D eigenvalue weighted by Gasteiger charge is -2.07. The van der Waals surface area contributed by atoms with Crippen LogP contribution in [0.15, 0.2) is 23.5 Å². The number of aliphatic imine (C=N–C) groups is 1. The van der Waals surface area contributed by atoms with Crippen molar-refractivity contribution in [3.8, 4) is 0 Å². The number of pyridine rings is 1. The topological polar surface area (TPSA) is 116 Å². The largest absolute Gasteiger partial charge is 0.480 e. The smallest absolute Gasteiger partial charge is 0.322 e. The summed E-state index contributed by atoms with van der Waals surface area (Å²) < 4.78 is 0. The van der Waals surface area contributed by atoms with Gasteiger partial charge in [0.15, 0.2) is 5.96 Å². The number of nitrogens with one attached hydrogen (secondary N) is 3. The molecule has 0 aromatic carbocycles. The van der Waals surface area contributed by atoms with E-state index in [1.54, 1.807) is 12.3 Å². The van der Waals surface area contributed by atoms with E-state index in [4.69, 9.17) is 5.11 Å². The molecule has 1 aliphatic heterocycles. The molecule has 1 amide bonds. The Morgan fingerprint density at radius 2 is 2.26 bits per heavy atom. The van der Waals surface area contributed by atoms with Crippen LogP contribution in [0.3, 0.4) is 0 Å². The molecule has 0 fully saturated rings. The van der Waals surface area contributed by atoms with E-state index in [1.165, 1.54) is 6.20 Å². The lowest BCUT2D eigenvalue weighted by molar-refractivity contribution is -0.135. The molecule has 4 N–H and O–H groups in total. The van der Waals surface area contributed by atoms with Crippen LogP contribution < -0.4 is 16.0 Å². The van der Waals surface area contributed by atoms with E-state index in [1.807, 2.05) is 0 Å². The third-order valence-electron chi connectivity index (χ3n) is 2.34. The number of nitrogens with zero attached hydrogens (tertiary/aromatic N) is 2. The van der Waals surface area contributed by atoms with E-state index in [2.05, 4.69) is 25.9 Å². The van der Waals surface area contributed by atoms with Gasteiger partial charge in [-0.2, -0.15) is 0 Å². The Kier molecular flexibility index (Phi) is 3.91. The predicted octanol–water partition coefficient (Wildman–Crippen LogP) is -0.733. The molecule has 0 radical (unpaired) electrons. The molecule has 0 bridgehead atoms. The molecule has 0 atom stereocenters. The second-order valence-electron chi connectivity index (χ2n) is 3.82. The van der Waals surface area contributed by atoms with Crippen LogP contribution in [-0.4, -0.2) is 47.6 Å². The Balaban J connectivity index is 2.01. The van der Waals surface area contributed by atoms with E-state index in [-0.39, 0.29) is 5.56 Å². The Labute approximate surface area is 108 Å². The molecular formula is C11H13N5O3. The average Bonchev–Trinajstić information content (AvgIpc) is 2.89. The number of carboxylic acids is 1. The normalized spacial score (nSPS) is 13.4. The Morgan fingerprint density at radius 1 is 1.42 bits per heavy atom. The molecule has 19 heavy (non-hydrogen) atoms. The fraction of sp³-hybridized carbons (Fsp3) is 0.273. The van der Waals surface area contributed by atoms with Crippen LogP contribution in [-0.2, 0) is 4.79 Å². The van der Waals surface area contributed by atoms with Crippen LogP contribution in [0.25, 0.3) is 0 Å². The number of rotatable bonds is 4. The first-order valence-electron chi connectivity index (χ1n) is 5.65. The maximum Gasteiger partial charge on any atom is 0.322 e. The molecule has 100 valence electrons. The van der Waals surface area contributed by atoms with Gasteiger partial charge in [-0.3, -0.25) is 19.6 Å². The van der Waals surface area contributed by atoms with Crippen molar-refractivity contribution in [2.75, 3.05) is 25.0 Å². The summed E-state index contributed by atoms with van der Waals surface area (Å²) in [5.74, 6) is -0.954. The second kappa shape index (κ2) is 5.80. The van der Waals surface area contributed by atoms with Crippen molar-refractivity contribution in [2.45, 2.75) is 0 Å². The molecule has 0 saturated heterocycles. The number of guanidine groups is 1. The molecule has 8 heteroatoms. The van der Waals surface area contributed by atoms with Crippen LogP contribution in [0.4, 0.5) is 5.69 Å². The summed E-state index contributed by atoms with van der Waals surface area (Å²) in [7, 11) is 0. The van der Waals surface area contributed by atoms with E-state index in [0.717, 1.165) is 6.54 Å². The number of aromatic nitrogens is 1. The first kappa shape index (κ1) is 12.8. The van der Waals surface area contributed by atoms with Gasteiger partial charge in [0.05, 0.1) is 24.0 Å². The van der Waals surface area contributed by atoms with Crippen LogP contribution in [0, 0.1) is 0 Å². The van der Waals surface area contributed by atoms with Gasteiger partial charge in [-0.05, 0) is 6.07 Å². The second-order valence-corrected chi connectivity index (χ2v) is 3.82. The molecule has 2 rings (SSSR count). The van der Waals surface area contributed by atoms with Gasteiger partial charge >= 0.3 is 5.97 Å². The number of carbonyl (C=O) groups excluding carboxylic acids is 1. The molecule has 0 unspecified atom stereocenters. The summed E-state index contributed by atoms with van der Waals surface area (Å²) in [6.07, 6.45) is 2.92. The molecule has 8 nitrogen and oxygen atoms in total. The van der Waals surface area contributed by atoms with Crippen molar-refractivity contribution in [3.05, 3.63) is 24.0 Å². The minimum absolute atomic E-state index is 0.282. The SMILES string of the molecule is O=C(O)CNC(=O)c1cncc(NC2=NCCN2)c1. The molecule has 0 aliphatic carbocycles. The highest BCUT2D eigenvalue weighted by Gasteiger charge is 2.10. The number of hydrogen-bond acceptors (Lipinski definition) is 6. The van der Waals surface area contributed by atoms with Crippen LogP contribution >= 0.6 is 0 Å². The summed E-state index contributed by atoms with van der Waals surface area (Å²) in [6, 6.07) is 1.58. The highest BCUT2D eigenvalue weighted by atomic mass is 16.4. The van der Waals surface area contributed by atoms with Gasteiger partial charge in [0.1, 0.15) is 6.54 Å². The van der Waals surface area contributed by atoms with E-state index >= 15 is 0 Å². The van der Waals surface area contributed by atoms with E-state index < -0.39 is 18.4 Å². The molecule has 2 heterocycles. The minimum Gasteiger partial charge on any atom is -0.480 e. The van der Waals surface area contributed by atoms with Crippen molar-refractivity contribution in [3.63, 3.8) is 0 Å². The highest BCUT2D eigenvalue weighted by Crippen LogP contribution is 2.08. The van der Waals surface area contributed by atoms with Crippen molar-refractivity contribution >= 4 is 23.5 Å². The van der Waals surface area contributed by atoms with Crippen molar-refractivity contribution in [1.29, 1.82) is 0 Å². The Hall–Kier alpha value is -2.64. The van der Waals surface area contributed by atoms with Crippen molar-refractivity contribution in [2.24, 2.45) is 4.99 Å². The summed E-state index contributed by atoms with van der Waals surface area (Å²) in [5.41, 5.74) is 0.890. The zero-order valence-corrected chi connectivity index (χ0v) is 10.0. The summed E-state index contributed by atoms with van der Waals surface area (Å²) >= 11 is 0. The Bertz CT molecular complexity index is 529. The van der Waals surface area contributed by atoms with Gasteiger partial charge < -0.3 is 21.1 Å². The number of carboxylic acid groups (broad SMARTS) is 1. The number of amides is 1. The monoisotopic (exact) mass is 263 g/mol. The zero-order valence-electron chi connectivity index (χ0n) is 10.0. The van der Waals surface area contributed by atoms with E-state index in [0.29, 0.717) is 18.2 Å². The molecule has 1 aromatic rings. The maximum absolute atomic E-state index is 11.7. The zero-order chi connectivity index (χ0) is 13.7. The average molecular weight is 263 g/mol. The van der Waals surface area contributed by atoms with Crippen molar-refractivity contribution < 1.29 is 14.7 Å². The third-order valence-corrected chi connectivity index (χ3v) is 2.34. The fourth-order valence-corrected chi connectivity index (χ4v) is 1.51. The van der Waals surface area contributed by atoms with Gasteiger partial charge in [0, 0.05) is 12.7 Å². The highest BCUT2D eigenvalue weighted by molar-refractivity contribution is 5.98. The maximum atomic E-state index is 11.7. The van der Waals surface area contributed by atoms with Gasteiger partial charge in [-0.25, -0.2) is 0 Å². The first-order valence-corrected chi connectivity index (χ1v) is 5.65.